The van der Waals surface area contributed by atoms with Crippen molar-refractivity contribution in [3.63, 3.8) is 0 Å². The average molecular weight is 306 g/mol. The topological polar surface area (TPSA) is 78.6 Å². The lowest BCUT2D eigenvalue weighted by Crippen LogP contribution is -2.30. The van der Waals surface area contributed by atoms with Gasteiger partial charge in [-0.1, -0.05) is 11.6 Å². The fourth-order valence-corrected chi connectivity index (χ4v) is 2.81. The van der Waals surface area contributed by atoms with E-state index >= 15 is 0 Å². The van der Waals surface area contributed by atoms with Gasteiger partial charge in [0.25, 0.3) is 0 Å². The van der Waals surface area contributed by atoms with Crippen LogP contribution in [-0.4, -0.2) is 33.1 Å². The third kappa shape index (κ3) is 2.96. The van der Waals surface area contributed by atoms with E-state index in [0.717, 1.165) is 6.26 Å². The van der Waals surface area contributed by atoms with Crippen LogP contribution in [0.5, 0.6) is 11.5 Å². The minimum absolute atomic E-state index is 0.382. The molecule has 0 bridgehead atoms. The van der Waals surface area contributed by atoms with Crippen LogP contribution in [0.3, 0.4) is 0 Å². The molecule has 1 aromatic carbocycles. The van der Waals surface area contributed by atoms with Crippen LogP contribution in [-0.2, 0) is 9.84 Å². The number of ether oxygens (including phenoxy) is 2. The molecule has 0 radical (unpaired) electrons. The molecule has 2 rings (SSSR count). The highest BCUT2D eigenvalue weighted by Gasteiger charge is 2.27. The monoisotopic (exact) mass is 305 g/mol. The van der Waals surface area contributed by atoms with Crippen molar-refractivity contribution in [3.05, 3.63) is 22.7 Å². The summed E-state index contributed by atoms with van der Waals surface area (Å²) in [7, 11) is -3.24. The lowest BCUT2D eigenvalue weighted by atomic mass is 10.0. The second-order valence-corrected chi connectivity index (χ2v) is 7.39. The van der Waals surface area contributed by atoms with Crippen molar-refractivity contribution in [2.24, 2.45) is 5.73 Å². The molecular formula is C12H16ClNO4S. The summed E-state index contributed by atoms with van der Waals surface area (Å²) in [5.74, 6) is 1.10. The molecule has 1 heterocycles. The lowest BCUT2D eigenvalue weighted by Gasteiger charge is -2.24. The summed E-state index contributed by atoms with van der Waals surface area (Å²) in [5, 5.41) is -0.347. The summed E-state index contributed by atoms with van der Waals surface area (Å²) in [6.07, 6.45) is 1.16. The summed E-state index contributed by atoms with van der Waals surface area (Å²) in [4.78, 5) is 0. The Bertz CT molecular complexity index is 588. The fourth-order valence-electron chi connectivity index (χ4n) is 1.85. The predicted molar refractivity (Wildman–Crippen MR) is 73.7 cm³/mol. The molecule has 0 fully saturated rings. The van der Waals surface area contributed by atoms with E-state index in [1.807, 2.05) is 0 Å². The molecule has 0 aliphatic carbocycles. The Morgan fingerprint density at radius 2 is 1.79 bits per heavy atom. The second-order valence-electron chi connectivity index (χ2n) is 4.58. The fraction of sp³-hybridized carbons (Fsp3) is 0.500. The van der Waals surface area contributed by atoms with E-state index in [4.69, 9.17) is 26.8 Å². The molecule has 19 heavy (non-hydrogen) atoms. The zero-order chi connectivity index (χ0) is 14.2. The molecule has 2 unspecified atom stereocenters. The van der Waals surface area contributed by atoms with Crippen LogP contribution in [0.4, 0.5) is 0 Å². The molecule has 0 spiro atoms. The summed E-state index contributed by atoms with van der Waals surface area (Å²) in [6.45, 7) is 2.48. The minimum Gasteiger partial charge on any atom is -0.486 e. The van der Waals surface area contributed by atoms with Gasteiger partial charge in [-0.15, -0.1) is 0 Å². The van der Waals surface area contributed by atoms with Crippen LogP contribution in [0, 0.1) is 0 Å². The van der Waals surface area contributed by atoms with Gasteiger partial charge in [-0.05, 0) is 18.6 Å². The molecule has 1 aliphatic heterocycles. The maximum Gasteiger partial charge on any atom is 0.162 e. The van der Waals surface area contributed by atoms with Crippen LogP contribution in [0.1, 0.15) is 18.5 Å². The zero-order valence-corrected chi connectivity index (χ0v) is 12.3. The minimum atomic E-state index is -3.24. The Kier molecular flexibility index (Phi) is 3.94. The van der Waals surface area contributed by atoms with Crippen molar-refractivity contribution in [3.8, 4) is 11.5 Å². The number of nitrogens with two attached hydrogens (primary N) is 1. The molecule has 0 saturated carbocycles. The van der Waals surface area contributed by atoms with Gasteiger partial charge in [-0.25, -0.2) is 8.42 Å². The van der Waals surface area contributed by atoms with E-state index in [1.165, 1.54) is 0 Å². The highest BCUT2D eigenvalue weighted by atomic mass is 35.5. The Labute approximate surface area is 117 Å². The van der Waals surface area contributed by atoms with Crippen molar-refractivity contribution in [1.82, 2.24) is 0 Å². The van der Waals surface area contributed by atoms with Crippen molar-refractivity contribution in [2.45, 2.75) is 18.2 Å². The standard InChI is InChI=1S/C12H16ClNO4S/c1-7(19(2,15)16)12(14)8-5-10-11(6-9(8)13)18-4-3-17-10/h5-7,12H,3-4,14H2,1-2H3. The van der Waals surface area contributed by atoms with E-state index < -0.39 is 21.1 Å². The third-order valence-electron chi connectivity index (χ3n) is 3.20. The second kappa shape index (κ2) is 5.19. The first-order valence-corrected chi connectivity index (χ1v) is 8.17. The largest absolute Gasteiger partial charge is 0.486 e. The zero-order valence-electron chi connectivity index (χ0n) is 10.7. The van der Waals surface area contributed by atoms with Gasteiger partial charge in [0.2, 0.25) is 0 Å². The van der Waals surface area contributed by atoms with Crippen LogP contribution in [0.2, 0.25) is 5.02 Å². The molecule has 106 valence electrons. The Morgan fingerprint density at radius 3 is 2.32 bits per heavy atom. The Hall–Kier alpha value is -0.980. The normalized spacial score (nSPS) is 17.9. The third-order valence-corrected chi connectivity index (χ3v) is 5.17. The van der Waals surface area contributed by atoms with Gasteiger partial charge in [0.05, 0.1) is 5.25 Å². The number of rotatable bonds is 3. The number of hydrogen-bond donors (Lipinski definition) is 1. The molecule has 2 N–H and O–H groups in total. The highest BCUT2D eigenvalue weighted by Crippen LogP contribution is 2.38. The maximum atomic E-state index is 11.6. The molecule has 1 aromatic rings. The number of benzene rings is 1. The van der Waals surface area contributed by atoms with Gasteiger partial charge in [0.15, 0.2) is 21.3 Å². The molecule has 2 atom stereocenters. The Morgan fingerprint density at radius 1 is 1.26 bits per heavy atom. The van der Waals surface area contributed by atoms with Gasteiger partial charge < -0.3 is 15.2 Å². The van der Waals surface area contributed by atoms with Crippen molar-refractivity contribution >= 4 is 21.4 Å². The van der Waals surface area contributed by atoms with Crippen LogP contribution >= 0.6 is 11.6 Å². The summed E-state index contributed by atoms with van der Waals surface area (Å²) >= 11 is 6.14. The molecule has 1 aliphatic rings. The van der Waals surface area contributed by atoms with Crippen molar-refractivity contribution in [1.29, 1.82) is 0 Å². The van der Waals surface area contributed by atoms with Crippen LogP contribution < -0.4 is 15.2 Å². The summed E-state index contributed by atoms with van der Waals surface area (Å²) in [5.41, 5.74) is 6.54. The van der Waals surface area contributed by atoms with Crippen molar-refractivity contribution < 1.29 is 17.9 Å². The molecular weight excluding hydrogens is 290 g/mol. The van der Waals surface area contributed by atoms with E-state index in [9.17, 15) is 8.42 Å². The maximum absolute atomic E-state index is 11.6. The average Bonchev–Trinajstić information content (AvgIpc) is 2.35. The molecule has 0 saturated heterocycles. The van der Waals surface area contributed by atoms with Gasteiger partial charge in [-0.2, -0.15) is 0 Å². The highest BCUT2D eigenvalue weighted by molar-refractivity contribution is 7.91. The Balaban J connectivity index is 2.40. The van der Waals surface area contributed by atoms with E-state index in [-0.39, 0.29) is 0 Å². The van der Waals surface area contributed by atoms with Gasteiger partial charge in [-0.3, -0.25) is 0 Å². The number of halogens is 1. The first-order chi connectivity index (χ1) is 8.80. The lowest BCUT2D eigenvalue weighted by molar-refractivity contribution is 0.171. The van der Waals surface area contributed by atoms with Crippen molar-refractivity contribution in [2.75, 3.05) is 19.5 Å². The van der Waals surface area contributed by atoms with Gasteiger partial charge in [0, 0.05) is 23.4 Å². The summed E-state index contributed by atoms with van der Waals surface area (Å²) in [6, 6.07) is 2.56. The van der Waals surface area contributed by atoms with Crippen LogP contribution in [0.15, 0.2) is 12.1 Å². The molecule has 0 amide bonds. The first-order valence-electron chi connectivity index (χ1n) is 5.84. The number of sulfone groups is 1. The van der Waals surface area contributed by atoms with E-state index in [0.29, 0.717) is 35.3 Å². The predicted octanol–water partition coefficient (Wildman–Crippen LogP) is 1.54. The molecule has 0 aromatic heterocycles. The number of fused-ring (bicyclic) bond motifs is 1. The van der Waals surface area contributed by atoms with E-state index in [2.05, 4.69) is 0 Å². The summed E-state index contributed by atoms with van der Waals surface area (Å²) < 4.78 is 34.0. The first kappa shape index (κ1) is 14.4. The van der Waals surface area contributed by atoms with Gasteiger partial charge >= 0.3 is 0 Å². The quantitative estimate of drug-likeness (QED) is 0.916. The smallest absolute Gasteiger partial charge is 0.162 e. The number of hydrogen-bond acceptors (Lipinski definition) is 5. The molecule has 5 nitrogen and oxygen atoms in total. The van der Waals surface area contributed by atoms with E-state index in [1.54, 1.807) is 19.1 Å². The molecule has 7 heteroatoms. The van der Waals surface area contributed by atoms with Gasteiger partial charge in [0.1, 0.15) is 13.2 Å². The van der Waals surface area contributed by atoms with Crippen LogP contribution in [0.25, 0.3) is 0 Å². The SMILES string of the molecule is CC(C(N)c1cc2c(cc1Cl)OCCO2)S(C)(=O)=O.